The summed E-state index contributed by atoms with van der Waals surface area (Å²) in [6.07, 6.45) is 0.563. The van der Waals surface area contributed by atoms with Gasteiger partial charge >= 0.3 is 0 Å². The van der Waals surface area contributed by atoms with Crippen molar-refractivity contribution in [3.63, 3.8) is 0 Å². The number of nitrogens with one attached hydrogen (secondary N) is 1. The summed E-state index contributed by atoms with van der Waals surface area (Å²) in [5.74, 6) is 0.320. The van der Waals surface area contributed by atoms with Gasteiger partial charge in [-0.05, 0) is 24.6 Å². The van der Waals surface area contributed by atoms with E-state index >= 15 is 0 Å². The molecule has 0 saturated carbocycles. The molecule has 0 fully saturated rings. The normalized spacial score (nSPS) is 9.69. The molecular weight excluding hydrogens is 230 g/mol. The van der Waals surface area contributed by atoms with Crippen LogP contribution in [-0.4, -0.2) is 12.5 Å². The van der Waals surface area contributed by atoms with Crippen molar-refractivity contribution in [3.8, 4) is 0 Å². The molecule has 3 heteroatoms. The second-order valence-electron chi connectivity index (χ2n) is 2.66. The third-order valence-corrected chi connectivity index (χ3v) is 2.07. The molecule has 0 heterocycles. The zero-order valence-electron chi connectivity index (χ0n) is 7.51. The maximum atomic E-state index is 7.46. The summed E-state index contributed by atoms with van der Waals surface area (Å²) in [4.78, 5) is 0. The first kappa shape index (κ1) is 10.3. The van der Waals surface area contributed by atoms with Crippen LogP contribution in [-0.2, 0) is 11.2 Å². The summed E-state index contributed by atoms with van der Waals surface area (Å²) >= 11 is 3.38. The van der Waals surface area contributed by atoms with Crippen molar-refractivity contribution >= 4 is 21.8 Å². The maximum Gasteiger partial charge on any atom is 0.184 e. The molecule has 0 saturated heterocycles. The Hall–Kier alpha value is -0.830. The van der Waals surface area contributed by atoms with Crippen LogP contribution in [0.25, 0.3) is 0 Å². The average molecular weight is 242 g/mol. The fourth-order valence-electron chi connectivity index (χ4n) is 1.06. The molecule has 0 amide bonds. The molecule has 1 aromatic rings. The highest BCUT2D eigenvalue weighted by atomic mass is 79.9. The molecule has 0 radical (unpaired) electrons. The Morgan fingerprint density at radius 3 is 2.92 bits per heavy atom. The van der Waals surface area contributed by atoms with Gasteiger partial charge in [0.25, 0.3) is 0 Å². The summed E-state index contributed by atoms with van der Waals surface area (Å²) in [5.41, 5.74) is 1.09. The molecule has 0 aliphatic heterocycles. The van der Waals surface area contributed by atoms with Gasteiger partial charge in [0, 0.05) is 10.9 Å². The lowest BCUT2D eigenvalue weighted by Crippen LogP contribution is -2.06. The van der Waals surface area contributed by atoms with Crippen molar-refractivity contribution in [1.29, 1.82) is 5.41 Å². The van der Waals surface area contributed by atoms with E-state index < -0.39 is 0 Å². The first-order valence-corrected chi connectivity index (χ1v) is 4.96. The van der Waals surface area contributed by atoms with Gasteiger partial charge in [0.05, 0.1) is 6.61 Å². The molecule has 1 N–H and O–H groups in total. The van der Waals surface area contributed by atoms with Crippen LogP contribution >= 0.6 is 15.9 Å². The third kappa shape index (κ3) is 3.59. The van der Waals surface area contributed by atoms with Gasteiger partial charge in [-0.1, -0.05) is 28.1 Å². The van der Waals surface area contributed by atoms with E-state index in [0.717, 1.165) is 10.0 Å². The lowest BCUT2D eigenvalue weighted by molar-refractivity contribution is 0.317. The number of ether oxygens (including phenoxy) is 1. The summed E-state index contributed by atoms with van der Waals surface area (Å²) < 4.78 is 6.09. The van der Waals surface area contributed by atoms with Gasteiger partial charge in [-0.2, -0.15) is 0 Å². The van der Waals surface area contributed by atoms with Crippen molar-refractivity contribution in [1.82, 2.24) is 0 Å². The van der Waals surface area contributed by atoms with Crippen LogP contribution in [0.5, 0.6) is 0 Å². The van der Waals surface area contributed by atoms with E-state index in [2.05, 4.69) is 15.9 Å². The maximum absolute atomic E-state index is 7.46. The fraction of sp³-hybridized carbons (Fsp3) is 0.300. The SMILES string of the molecule is CCOC(=N)Cc1cccc(Br)c1. The van der Waals surface area contributed by atoms with E-state index in [1.165, 1.54) is 0 Å². The fourth-order valence-corrected chi connectivity index (χ4v) is 1.50. The molecule has 0 spiro atoms. The third-order valence-electron chi connectivity index (χ3n) is 1.57. The minimum atomic E-state index is 0.320. The molecule has 13 heavy (non-hydrogen) atoms. The van der Waals surface area contributed by atoms with Gasteiger partial charge in [-0.15, -0.1) is 0 Å². The van der Waals surface area contributed by atoms with Crippen LogP contribution in [0.15, 0.2) is 28.7 Å². The average Bonchev–Trinajstić information content (AvgIpc) is 2.04. The summed E-state index contributed by atoms with van der Waals surface area (Å²) in [6.45, 7) is 2.45. The molecule has 70 valence electrons. The standard InChI is InChI=1S/C10H12BrNO/c1-2-13-10(12)7-8-4-3-5-9(11)6-8/h3-6,12H,2,7H2,1H3. The lowest BCUT2D eigenvalue weighted by Gasteiger charge is -2.04. The van der Waals surface area contributed by atoms with Crippen molar-refractivity contribution < 1.29 is 4.74 Å². The second kappa shape index (κ2) is 5.02. The Morgan fingerprint density at radius 1 is 1.54 bits per heavy atom. The molecule has 0 aliphatic carbocycles. The van der Waals surface area contributed by atoms with Crippen molar-refractivity contribution in [3.05, 3.63) is 34.3 Å². The van der Waals surface area contributed by atoms with Crippen LogP contribution in [0.1, 0.15) is 12.5 Å². The van der Waals surface area contributed by atoms with Gasteiger partial charge in [-0.25, -0.2) is 0 Å². The van der Waals surface area contributed by atoms with Gasteiger partial charge in [0.15, 0.2) is 5.90 Å². The van der Waals surface area contributed by atoms with E-state index in [-0.39, 0.29) is 0 Å². The van der Waals surface area contributed by atoms with E-state index in [4.69, 9.17) is 10.1 Å². The Bertz CT molecular complexity index is 299. The number of halogens is 1. The molecule has 0 aromatic heterocycles. The van der Waals surface area contributed by atoms with Gasteiger partial charge in [0.2, 0.25) is 0 Å². The number of benzene rings is 1. The van der Waals surface area contributed by atoms with Gasteiger partial charge in [-0.3, -0.25) is 5.41 Å². The van der Waals surface area contributed by atoms with Crippen LogP contribution in [0.3, 0.4) is 0 Å². The molecular formula is C10H12BrNO. The smallest absolute Gasteiger partial charge is 0.184 e. The Balaban J connectivity index is 2.58. The molecule has 0 atom stereocenters. The minimum absolute atomic E-state index is 0.320. The number of rotatable bonds is 3. The predicted molar refractivity (Wildman–Crippen MR) is 57.2 cm³/mol. The highest BCUT2D eigenvalue weighted by Crippen LogP contribution is 2.12. The quantitative estimate of drug-likeness (QED) is 0.641. The minimum Gasteiger partial charge on any atom is -0.481 e. The molecule has 0 bridgehead atoms. The van der Waals surface area contributed by atoms with E-state index in [1.54, 1.807) is 0 Å². The number of hydrogen-bond donors (Lipinski definition) is 1. The van der Waals surface area contributed by atoms with E-state index in [0.29, 0.717) is 18.9 Å². The second-order valence-corrected chi connectivity index (χ2v) is 3.58. The monoisotopic (exact) mass is 241 g/mol. The van der Waals surface area contributed by atoms with Crippen molar-refractivity contribution in [2.24, 2.45) is 0 Å². The van der Waals surface area contributed by atoms with Gasteiger partial charge < -0.3 is 4.74 Å². The largest absolute Gasteiger partial charge is 0.481 e. The van der Waals surface area contributed by atoms with Gasteiger partial charge in [0.1, 0.15) is 0 Å². The molecule has 1 aromatic carbocycles. The van der Waals surface area contributed by atoms with Crippen molar-refractivity contribution in [2.45, 2.75) is 13.3 Å². The molecule has 0 unspecified atom stereocenters. The Labute approximate surface area is 86.6 Å². The highest BCUT2D eigenvalue weighted by Gasteiger charge is 1.99. The lowest BCUT2D eigenvalue weighted by atomic mass is 10.1. The summed E-state index contributed by atoms with van der Waals surface area (Å²) in [7, 11) is 0. The Morgan fingerprint density at radius 2 is 2.31 bits per heavy atom. The summed E-state index contributed by atoms with van der Waals surface area (Å²) in [6, 6.07) is 7.90. The first-order chi connectivity index (χ1) is 6.22. The summed E-state index contributed by atoms with van der Waals surface area (Å²) in [5, 5.41) is 7.46. The topological polar surface area (TPSA) is 33.1 Å². The zero-order chi connectivity index (χ0) is 9.68. The van der Waals surface area contributed by atoms with Crippen LogP contribution in [0, 0.1) is 5.41 Å². The molecule has 0 aliphatic rings. The van der Waals surface area contributed by atoms with Crippen LogP contribution in [0.4, 0.5) is 0 Å². The highest BCUT2D eigenvalue weighted by molar-refractivity contribution is 9.10. The zero-order valence-corrected chi connectivity index (χ0v) is 9.10. The Kier molecular flexibility index (Phi) is 3.96. The molecule has 2 nitrogen and oxygen atoms in total. The van der Waals surface area contributed by atoms with Crippen molar-refractivity contribution in [2.75, 3.05) is 6.61 Å². The van der Waals surface area contributed by atoms with Crippen LogP contribution in [0.2, 0.25) is 0 Å². The van der Waals surface area contributed by atoms with E-state index in [9.17, 15) is 0 Å². The predicted octanol–water partition coefficient (Wildman–Crippen LogP) is 3.01. The number of hydrogen-bond acceptors (Lipinski definition) is 2. The first-order valence-electron chi connectivity index (χ1n) is 4.17. The van der Waals surface area contributed by atoms with Crippen LogP contribution < -0.4 is 0 Å². The van der Waals surface area contributed by atoms with E-state index in [1.807, 2.05) is 31.2 Å². The molecule has 1 rings (SSSR count).